The number of esters is 2. The lowest BCUT2D eigenvalue weighted by Gasteiger charge is -2.19. The summed E-state index contributed by atoms with van der Waals surface area (Å²) in [6.07, 6.45) is -5.89. The van der Waals surface area contributed by atoms with E-state index in [-0.39, 0.29) is 19.4 Å². The highest BCUT2D eigenvalue weighted by atomic mass is 19.4. The summed E-state index contributed by atoms with van der Waals surface area (Å²) in [5.41, 5.74) is 2.66. The Morgan fingerprint density at radius 1 is 0.723 bits per heavy atom. The number of nitrogens with one attached hydrogen (secondary N) is 4. The minimum atomic E-state index is -5.37. The third kappa shape index (κ3) is 10.7. The van der Waals surface area contributed by atoms with Gasteiger partial charge in [0.2, 0.25) is 11.8 Å². The Morgan fingerprint density at radius 2 is 1.38 bits per heavy atom. The summed E-state index contributed by atoms with van der Waals surface area (Å²) >= 11 is 0. The van der Waals surface area contributed by atoms with Crippen LogP contribution in [0.25, 0.3) is 21.9 Å². The van der Waals surface area contributed by atoms with Gasteiger partial charge in [0.05, 0.1) is 19.0 Å². The Labute approximate surface area is 267 Å². The van der Waals surface area contributed by atoms with Crippen molar-refractivity contribution >= 4 is 46.2 Å². The van der Waals surface area contributed by atoms with Crippen molar-refractivity contribution in [2.75, 3.05) is 18.4 Å². The Balaban J connectivity index is 1.25. The molecule has 0 spiro atoms. The van der Waals surface area contributed by atoms with Crippen LogP contribution < -0.4 is 21.3 Å². The van der Waals surface area contributed by atoms with Gasteiger partial charge in [-0.1, -0.05) is 84.9 Å². The summed E-state index contributed by atoms with van der Waals surface area (Å²) in [6.45, 7) is -0.317. The minimum absolute atomic E-state index is 0.0141. The van der Waals surface area contributed by atoms with Gasteiger partial charge in [-0.3, -0.25) is 14.4 Å². The molecule has 0 saturated carbocycles. The normalized spacial score (nSPS) is 11.6. The largest absolute Gasteiger partial charge is 0.491 e. The number of benzene rings is 4. The second kappa shape index (κ2) is 16.0. The van der Waals surface area contributed by atoms with Crippen molar-refractivity contribution in [1.29, 1.82) is 0 Å². The van der Waals surface area contributed by atoms with Gasteiger partial charge in [0.1, 0.15) is 0 Å². The number of ether oxygens (including phenoxy) is 1. The van der Waals surface area contributed by atoms with Crippen molar-refractivity contribution in [3.63, 3.8) is 0 Å². The maximum Gasteiger partial charge on any atom is 0.491 e. The average Bonchev–Trinajstić information content (AvgIpc) is 3.05. The Kier molecular flexibility index (Phi) is 11.6. The lowest BCUT2D eigenvalue weighted by molar-refractivity contribution is -0.202. The zero-order chi connectivity index (χ0) is 33.8. The van der Waals surface area contributed by atoms with E-state index >= 15 is 0 Å². The van der Waals surface area contributed by atoms with Gasteiger partial charge in [0, 0.05) is 18.7 Å². The molecular weight excluding hydrogens is 617 g/mol. The predicted octanol–water partition coefficient (Wildman–Crippen LogP) is 5.40. The number of alkyl halides is 3. The monoisotopic (exact) mass is 648 g/mol. The van der Waals surface area contributed by atoms with E-state index in [1.54, 1.807) is 30.3 Å². The van der Waals surface area contributed by atoms with E-state index in [1.165, 1.54) is 0 Å². The number of urea groups is 1. The van der Waals surface area contributed by atoms with Crippen molar-refractivity contribution in [3.05, 3.63) is 103 Å². The molecule has 47 heavy (non-hydrogen) atoms. The first kappa shape index (κ1) is 34.2. The van der Waals surface area contributed by atoms with Gasteiger partial charge >= 0.3 is 24.1 Å². The number of amides is 4. The molecule has 0 aliphatic heterocycles. The van der Waals surface area contributed by atoms with Crippen molar-refractivity contribution in [1.82, 2.24) is 16.0 Å². The third-order valence-corrected chi connectivity index (χ3v) is 6.88. The number of carbonyl (C=O) groups excluding carboxylic acids is 5. The maximum absolute atomic E-state index is 12.7. The van der Waals surface area contributed by atoms with Crippen molar-refractivity contribution in [2.45, 2.75) is 31.5 Å². The molecule has 0 bridgehead atoms. The lowest BCUT2D eigenvalue weighted by atomic mass is 9.99. The van der Waals surface area contributed by atoms with Crippen LogP contribution in [0.3, 0.4) is 0 Å². The molecule has 0 radical (unpaired) electrons. The number of rotatable bonds is 12. The summed E-state index contributed by atoms with van der Waals surface area (Å²) in [7, 11) is 0. The van der Waals surface area contributed by atoms with Crippen LogP contribution in [0.4, 0.5) is 23.7 Å². The van der Waals surface area contributed by atoms with Crippen LogP contribution in [-0.2, 0) is 23.9 Å². The second-order valence-electron chi connectivity index (χ2n) is 10.4. The van der Waals surface area contributed by atoms with Crippen LogP contribution >= 0.6 is 0 Å². The number of hydrogen-bond acceptors (Lipinski definition) is 6. The zero-order valence-corrected chi connectivity index (χ0v) is 24.9. The van der Waals surface area contributed by atoms with E-state index in [1.807, 2.05) is 66.7 Å². The third-order valence-electron chi connectivity index (χ3n) is 6.88. The lowest BCUT2D eigenvalue weighted by Crippen LogP contribution is -2.40. The average molecular weight is 649 g/mol. The van der Waals surface area contributed by atoms with E-state index in [2.05, 4.69) is 26.0 Å². The molecule has 4 aromatic rings. The summed E-state index contributed by atoms with van der Waals surface area (Å²) in [4.78, 5) is 60.5. The molecular formula is C34H31F3N4O6. The van der Waals surface area contributed by atoms with Crippen LogP contribution in [0.2, 0.25) is 0 Å². The quantitative estimate of drug-likeness (QED) is 0.0920. The van der Waals surface area contributed by atoms with E-state index in [0.29, 0.717) is 11.3 Å². The Morgan fingerprint density at radius 3 is 2.09 bits per heavy atom. The molecule has 0 aliphatic carbocycles. The summed E-state index contributed by atoms with van der Waals surface area (Å²) in [5.74, 6) is -5.39. The first-order valence-electron chi connectivity index (χ1n) is 14.5. The number of carbonyl (C=O) groups is 5. The van der Waals surface area contributed by atoms with Gasteiger partial charge in [-0.15, -0.1) is 0 Å². The van der Waals surface area contributed by atoms with E-state index in [0.717, 1.165) is 21.9 Å². The molecule has 1 unspecified atom stereocenters. The topological polar surface area (TPSA) is 143 Å². The molecule has 4 N–H and O–H groups in total. The second-order valence-corrected chi connectivity index (χ2v) is 10.4. The highest BCUT2D eigenvalue weighted by Gasteiger charge is 2.42. The maximum atomic E-state index is 12.7. The molecule has 1 atom stereocenters. The Hall–Kier alpha value is -5.72. The van der Waals surface area contributed by atoms with Gasteiger partial charge in [-0.05, 0) is 46.0 Å². The molecule has 4 amide bonds. The zero-order valence-electron chi connectivity index (χ0n) is 24.9. The smallest absolute Gasteiger partial charge is 0.386 e. The SMILES string of the molecule is O=C(CCCNC(=O)Nc1ccc2ccccc2c1)NCC(=O)NC(CC(=O)OC(=O)C(F)(F)F)c1ccc(-c2ccccc2)cc1. The predicted molar refractivity (Wildman–Crippen MR) is 168 cm³/mol. The van der Waals surface area contributed by atoms with Gasteiger partial charge in [0.25, 0.3) is 0 Å². The molecule has 0 aromatic heterocycles. The molecule has 13 heteroatoms. The van der Waals surface area contributed by atoms with E-state index in [9.17, 15) is 37.1 Å². The molecule has 0 aliphatic rings. The molecule has 10 nitrogen and oxygen atoms in total. The first-order valence-corrected chi connectivity index (χ1v) is 14.5. The van der Waals surface area contributed by atoms with Crippen LogP contribution in [-0.4, -0.2) is 49.0 Å². The van der Waals surface area contributed by atoms with Crippen LogP contribution in [0, 0.1) is 0 Å². The Bertz CT molecular complexity index is 1730. The molecule has 244 valence electrons. The van der Waals surface area contributed by atoms with Gasteiger partial charge in [-0.25, -0.2) is 9.59 Å². The number of anilines is 1. The highest BCUT2D eigenvalue weighted by molar-refractivity contribution is 5.93. The van der Waals surface area contributed by atoms with Gasteiger partial charge in [0.15, 0.2) is 0 Å². The van der Waals surface area contributed by atoms with Crippen molar-refractivity contribution in [2.24, 2.45) is 0 Å². The fourth-order valence-electron chi connectivity index (χ4n) is 4.57. The highest BCUT2D eigenvalue weighted by Crippen LogP contribution is 2.25. The summed E-state index contributed by atoms with van der Waals surface area (Å²) < 4.78 is 41.7. The van der Waals surface area contributed by atoms with Crippen LogP contribution in [0.5, 0.6) is 0 Å². The van der Waals surface area contributed by atoms with Crippen molar-refractivity contribution < 1.29 is 41.9 Å². The summed E-state index contributed by atoms with van der Waals surface area (Å²) in [6, 6.07) is 27.4. The summed E-state index contributed by atoms with van der Waals surface area (Å²) in [5, 5.41) is 12.3. The van der Waals surface area contributed by atoms with Crippen LogP contribution in [0.15, 0.2) is 97.1 Å². The van der Waals surface area contributed by atoms with Gasteiger partial charge in [-0.2, -0.15) is 13.2 Å². The molecule has 0 heterocycles. The first-order chi connectivity index (χ1) is 22.5. The number of halogens is 3. The van der Waals surface area contributed by atoms with Crippen LogP contribution in [0.1, 0.15) is 30.9 Å². The molecule has 4 rings (SSSR count). The van der Waals surface area contributed by atoms with Gasteiger partial charge < -0.3 is 26.0 Å². The minimum Gasteiger partial charge on any atom is -0.386 e. The fourth-order valence-corrected chi connectivity index (χ4v) is 4.57. The number of hydrogen-bond donors (Lipinski definition) is 4. The molecule has 0 saturated heterocycles. The number of fused-ring (bicyclic) bond motifs is 1. The van der Waals surface area contributed by atoms with E-state index in [4.69, 9.17) is 0 Å². The van der Waals surface area contributed by atoms with Crippen molar-refractivity contribution in [3.8, 4) is 11.1 Å². The fraction of sp³-hybridized carbons (Fsp3) is 0.206. The molecule has 0 fully saturated rings. The van der Waals surface area contributed by atoms with E-state index < -0.39 is 55.0 Å². The standard InChI is InChI=1S/C34H31F3N4O6/c35-34(36,37)32(45)47-31(44)20-28(25-14-12-24(13-15-25)22-7-2-1-3-8-22)41-30(43)21-39-29(42)11-6-18-38-33(46)40-27-17-16-23-9-4-5-10-26(23)19-27/h1-5,7-10,12-17,19,28H,6,11,18,20-21H2,(H,39,42)(H,41,43)(H2,38,40,46). The molecule has 4 aromatic carbocycles.